The summed E-state index contributed by atoms with van der Waals surface area (Å²) in [5.41, 5.74) is 6.34. The molecule has 1 rings (SSSR count). The molecule has 19 heavy (non-hydrogen) atoms. The van der Waals surface area contributed by atoms with Gasteiger partial charge in [-0.1, -0.05) is 0 Å². The molecule has 1 aromatic rings. The number of nitrogens with zero attached hydrogens (tertiary/aromatic N) is 2. The zero-order valence-electron chi connectivity index (χ0n) is 12.0. The van der Waals surface area contributed by atoms with E-state index in [1.165, 1.54) is 0 Å². The zero-order chi connectivity index (χ0) is 14.6. The van der Waals surface area contributed by atoms with Crippen molar-refractivity contribution in [2.75, 3.05) is 20.6 Å². The third kappa shape index (κ3) is 4.61. The van der Waals surface area contributed by atoms with Crippen LogP contribution in [0.1, 0.15) is 19.0 Å². The number of nitrogens with one attached hydrogen (secondary N) is 1. The van der Waals surface area contributed by atoms with Crippen molar-refractivity contribution in [2.45, 2.75) is 30.8 Å². The average molecular weight is 288 g/mol. The molecular weight excluding hydrogens is 264 g/mol. The highest BCUT2D eigenvalue weighted by molar-refractivity contribution is 7.89. The molecule has 0 bridgehead atoms. The van der Waals surface area contributed by atoms with Crippen LogP contribution in [0.2, 0.25) is 0 Å². The second-order valence-corrected chi connectivity index (χ2v) is 6.81. The van der Waals surface area contributed by atoms with Gasteiger partial charge < -0.3 is 15.2 Å². The number of nitrogens with two attached hydrogens (primary N) is 1. The van der Waals surface area contributed by atoms with Crippen LogP contribution in [0.25, 0.3) is 0 Å². The minimum absolute atomic E-state index is 0.103. The van der Waals surface area contributed by atoms with E-state index in [4.69, 9.17) is 5.73 Å². The Kier molecular flexibility index (Phi) is 5.54. The van der Waals surface area contributed by atoms with Crippen molar-refractivity contribution in [3.8, 4) is 0 Å². The lowest BCUT2D eigenvalue weighted by Gasteiger charge is -2.16. The average Bonchev–Trinajstić information content (AvgIpc) is 2.68. The Labute approximate surface area is 115 Å². The molecule has 0 spiro atoms. The van der Waals surface area contributed by atoms with Crippen LogP contribution >= 0.6 is 0 Å². The van der Waals surface area contributed by atoms with E-state index in [-0.39, 0.29) is 10.9 Å². The molecule has 0 saturated carbocycles. The summed E-state index contributed by atoms with van der Waals surface area (Å²) in [6.45, 7) is 3.03. The molecule has 0 fully saturated rings. The number of rotatable bonds is 7. The van der Waals surface area contributed by atoms with Crippen molar-refractivity contribution in [3.63, 3.8) is 0 Å². The Morgan fingerprint density at radius 1 is 1.47 bits per heavy atom. The highest BCUT2D eigenvalue weighted by atomic mass is 32.2. The third-order valence-corrected chi connectivity index (χ3v) is 4.52. The van der Waals surface area contributed by atoms with Gasteiger partial charge in [-0.05, 0) is 40.1 Å². The molecular formula is C12H24N4O2S. The summed E-state index contributed by atoms with van der Waals surface area (Å²) in [4.78, 5) is 2.30. The lowest BCUT2D eigenvalue weighted by molar-refractivity contribution is 0.379. The maximum absolute atomic E-state index is 12.2. The van der Waals surface area contributed by atoms with E-state index >= 15 is 0 Å². The number of hydrogen-bond acceptors (Lipinski definition) is 4. The van der Waals surface area contributed by atoms with E-state index in [2.05, 4.69) is 4.72 Å². The van der Waals surface area contributed by atoms with Gasteiger partial charge in [-0.25, -0.2) is 13.1 Å². The smallest absolute Gasteiger partial charge is 0.242 e. The Morgan fingerprint density at radius 3 is 2.58 bits per heavy atom. The third-order valence-electron chi connectivity index (χ3n) is 2.97. The summed E-state index contributed by atoms with van der Waals surface area (Å²) in [6.07, 6.45) is 2.35. The van der Waals surface area contributed by atoms with Crippen LogP contribution in [0.5, 0.6) is 0 Å². The first-order valence-corrected chi connectivity index (χ1v) is 7.77. The van der Waals surface area contributed by atoms with Crippen molar-refractivity contribution in [1.29, 1.82) is 0 Å². The monoisotopic (exact) mass is 288 g/mol. The van der Waals surface area contributed by atoms with E-state index in [9.17, 15) is 8.42 Å². The number of aromatic nitrogens is 1. The van der Waals surface area contributed by atoms with Crippen LogP contribution in [0, 0.1) is 0 Å². The Bertz CT molecular complexity index is 508. The van der Waals surface area contributed by atoms with Crippen molar-refractivity contribution < 1.29 is 8.42 Å². The van der Waals surface area contributed by atoms with E-state index < -0.39 is 10.0 Å². The number of hydrogen-bond donors (Lipinski definition) is 2. The fourth-order valence-electron chi connectivity index (χ4n) is 1.77. The van der Waals surface area contributed by atoms with Crippen LogP contribution < -0.4 is 10.5 Å². The van der Waals surface area contributed by atoms with Crippen LogP contribution in [-0.4, -0.2) is 44.6 Å². The molecule has 1 atom stereocenters. The largest absolute Gasteiger partial charge is 0.352 e. The van der Waals surface area contributed by atoms with Gasteiger partial charge >= 0.3 is 0 Å². The van der Waals surface area contributed by atoms with Crippen molar-refractivity contribution in [1.82, 2.24) is 14.2 Å². The fourth-order valence-corrected chi connectivity index (χ4v) is 3.14. The molecule has 6 nitrogen and oxygen atoms in total. The first-order valence-electron chi connectivity index (χ1n) is 6.28. The second-order valence-electron chi connectivity index (χ2n) is 5.10. The molecule has 1 unspecified atom stereocenters. The molecule has 1 heterocycles. The van der Waals surface area contributed by atoms with Gasteiger partial charge in [0.1, 0.15) is 0 Å². The maximum Gasteiger partial charge on any atom is 0.242 e. The summed E-state index contributed by atoms with van der Waals surface area (Å²) >= 11 is 0. The molecule has 0 amide bonds. The number of aryl methyl sites for hydroxylation is 1. The lowest BCUT2D eigenvalue weighted by Crippen LogP contribution is -2.34. The van der Waals surface area contributed by atoms with Gasteiger partial charge in [-0.3, -0.25) is 0 Å². The quantitative estimate of drug-likeness (QED) is 0.746. The van der Waals surface area contributed by atoms with E-state index in [1.54, 1.807) is 23.9 Å². The highest BCUT2D eigenvalue weighted by Gasteiger charge is 2.19. The van der Waals surface area contributed by atoms with Crippen LogP contribution in [0.4, 0.5) is 0 Å². The fraction of sp³-hybridized carbons (Fsp3) is 0.667. The van der Waals surface area contributed by atoms with Gasteiger partial charge in [0.05, 0.1) is 4.90 Å². The molecule has 3 N–H and O–H groups in total. The van der Waals surface area contributed by atoms with Crippen LogP contribution in [0.15, 0.2) is 17.2 Å². The predicted octanol–water partition coefficient (Wildman–Crippen LogP) is 0.102. The first kappa shape index (κ1) is 16.2. The van der Waals surface area contributed by atoms with Crippen molar-refractivity contribution in [2.24, 2.45) is 12.8 Å². The lowest BCUT2D eigenvalue weighted by atomic mass is 10.2. The molecule has 0 radical (unpaired) electrons. The summed E-state index contributed by atoms with van der Waals surface area (Å²) in [5.74, 6) is 0. The molecule has 0 aromatic carbocycles. The summed E-state index contributed by atoms with van der Waals surface area (Å²) < 4.78 is 28.8. The number of sulfonamides is 1. The van der Waals surface area contributed by atoms with Gasteiger partial charge in [-0.15, -0.1) is 0 Å². The molecule has 0 aliphatic carbocycles. The predicted molar refractivity (Wildman–Crippen MR) is 76.3 cm³/mol. The zero-order valence-corrected chi connectivity index (χ0v) is 12.9. The Balaban J connectivity index is 2.74. The second kappa shape index (κ2) is 6.51. The van der Waals surface area contributed by atoms with Gasteiger partial charge in [0.25, 0.3) is 0 Å². The minimum Gasteiger partial charge on any atom is -0.352 e. The summed E-state index contributed by atoms with van der Waals surface area (Å²) in [5, 5.41) is 0. The van der Waals surface area contributed by atoms with Crippen molar-refractivity contribution >= 4 is 10.0 Å². The maximum atomic E-state index is 12.2. The first-order chi connectivity index (χ1) is 8.76. The molecule has 0 saturated heterocycles. The molecule has 1 aromatic heterocycles. The van der Waals surface area contributed by atoms with E-state index in [0.717, 1.165) is 18.7 Å². The molecule has 7 heteroatoms. The molecule has 110 valence electrons. The molecule has 0 aliphatic rings. The van der Waals surface area contributed by atoms with Crippen LogP contribution in [0.3, 0.4) is 0 Å². The summed E-state index contributed by atoms with van der Waals surface area (Å²) in [6, 6.07) is 1.51. The molecule has 0 aliphatic heterocycles. The van der Waals surface area contributed by atoms with E-state index in [0.29, 0.717) is 6.54 Å². The van der Waals surface area contributed by atoms with Gasteiger partial charge in [0.2, 0.25) is 10.0 Å². The van der Waals surface area contributed by atoms with Gasteiger partial charge in [0, 0.05) is 31.5 Å². The van der Waals surface area contributed by atoms with E-state index in [1.807, 2.05) is 25.9 Å². The van der Waals surface area contributed by atoms with Gasteiger partial charge in [0.15, 0.2) is 0 Å². The SMILES string of the molecule is CC(CCN(C)C)NS(=O)(=O)c1cc(CN)n(C)c1. The topological polar surface area (TPSA) is 80.4 Å². The highest BCUT2D eigenvalue weighted by Crippen LogP contribution is 2.13. The van der Waals surface area contributed by atoms with Crippen molar-refractivity contribution in [3.05, 3.63) is 18.0 Å². The minimum atomic E-state index is -3.46. The normalized spacial score (nSPS) is 14.0. The van der Waals surface area contributed by atoms with Gasteiger partial charge in [-0.2, -0.15) is 0 Å². The standard InChI is InChI=1S/C12H24N4O2S/c1-10(5-6-15(2)3)14-19(17,18)12-7-11(8-13)16(4)9-12/h7,9-10,14H,5-6,8,13H2,1-4H3. The van der Waals surface area contributed by atoms with Crippen LogP contribution in [-0.2, 0) is 23.6 Å². The summed E-state index contributed by atoms with van der Waals surface area (Å²) in [7, 11) is 2.25. The Morgan fingerprint density at radius 2 is 2.11 bits per heavy atom. The Hall–Kier alpha value is -0.890.